The van der Waals surface area contributed by atoms with E-state index in [-0.39, 0.29) is 5.56 Å². The quantitative estimate of drug-likeness (QED) is 0.747. The minimum atomic E-state index is -0.0203. The number of fused-ring (bicyclic) bond motifs is 1. The summed E-state index contributed by atoms with van der Waals surface area (Å²) in [5.41, 5.74) is 0.900. The molecule has 15 heavy (non-hydrogen) atoms. The van der Waals surface area contributed by atoms with Crippen LogP contribution < -0.4 is 10.3 Å². The van der Waals surface area contributed by atoms with Gasteiger partial charge >= 0.3 is 0 Å². The van der Waals surface area contributed by atoms with E-state index in [4.69, 9.17) is 4.74 Å². The van der Waals surface area contributed by atoms with Gasteiger partial charge in [0.1, 0.15) is 5.75 Å². The van der Waals surface area contributed by atoms with Gasteiger partial charge < -0.3 is 9.30 Å². The average molecular weight is 203 g/mol. The van der Waals surface area contributed by atoms with Crippen LogP contribution in [-0.2, 0) is 6.54 Å². The summed E-state index contributed by atoms with van der Waals surface area (Å²) in [6.45, 7) is 2.63. The molecule has 0 N–H and O–H groups in total. The molecule has 1 heterocycles. The van der Waals surface area contributed by atoms with E-state index < -0.39 is 0 Å². The maximum absolute atomic E-state index is 11.7. The van der Waals surface area contributed by atoms with Gasteiger partial charge in [-0.2, -0.15) is 0 Å². The minimum absolute atomic E-state index is 0.0203. The van der Waals surface area contributed by atoms with Gasteiger partial charge in [0.2, 0.25) is 0 Å². The summed E-state index contributed by atoms with van der Waals surface area (Å²) < 4.78 is 6.93. The zero-order chi connectivity index (χ0) is 10.8. The van der Waals surface area contributed by atoms with Crippen molar-refractivity contribution in [1.82, 2.24) is 4.57 Å². The summed E-state index contributed by atoms with van der Waals surface area (Å²) in [6.07, 6.45) is 0. The third-order valence-electron chi connectivity index (χ3n) is 2.52. The first-order valence-corrected chi connectivity index (χ1v) is 4.94. The van der Waals surface area contributed by atoms with Gasteiger partial charge in [-0.1, -0.05) is 12.1 Å². The van der Waals surface area contributed by atoms with E-state index in [2.05, 4.69) is 0 Å². The summed E-state index contributed by atoms with van der Waals surface area (Å²) in [4.78, 5) is 11.7. The van der Waals surface area contributed by atoms with Gasteiger partial charge in [0.05, 0.1) is 12.6 Å². The molecule has 0 saturated carbocycles. The first-order valence-electron chi connectivity index (χ1n) is 4.94. The molecule has 0 bridgehead atoms. The van der Waals surface area contributed by atoms with Crippen molar-refractivity contribution in [3.8, 4) is 5.75 Å². The lowest BCUT2D eigenvalue weighted by Crippen LogP contribution is -2.18. The van der Waals surface area contributed by atoms with Gasteiger partial charge in [-0.25, -0.2) is 0 Å². The van der Waals surface area contributed by atoms with Crippen molar-refractivity contribution in [3.63, 3.8) is 0 Å². The minimum Gasteiger partial charge on any atom is -0.496 e. The van der Waals surface area contributed by atoms with Gasteiger partial charge in [0.15, 0.2) is 0 Å². The number of methoxy groups -OCH3 is 1. The van der Waals surface area contributed by atoms with E-state index in [1.54, 1.807) is 11.7 Å². The molecule has 1 aromatic carbocycles. The third kappa shape index (κ3) is 1.50. The van der Waals surface area contributed by atoms with E-state index in [1.807, 2.05) is 31.2 Å². The van der Waals surface area contributed by atoms with Crippen LogP contribution in [0.1, 0.15) is 6.92 Å². The molecule has 0 fully saturated rings. The highest BCUT2D eigenvalue weighted by atomic mass is 16.5. The Kier molecular flexibility index (Phi) is 2.46. The van der Waals surface area contributed by atoms with Crippen LogP contribution in [0.15, 0.2) is 35.1 Å². The van der Waals surface area contributed by atoms with Gasteiger partial charge in [0, 0.05) is 18.0 Å². The van der Waals surface area contributed by atoms with Crippen molar-refractivity contribution in [2.24, 2.45) is 0 Å². The van der Waals surface area contributed by atoms with Crippen molar-refractivity contribution in [3.05, 3.63) is 40.7 Å². The van der Waals surface area contributed by atoms with Crippen LogP contribution >= 0.6 is 0 Å². The molecule has 1 aromatic heterocycles. The predicted octanol–water partition coefficient (Wildman–Crippen LogP) is 2.03. The number of rotatable bonds is 2. The summed E-state index contributed by atoms with van der Waals surface area (Å²) >= 11 is 0. The molecule has 0 aliphatic heterocycles. The summed E-state index contributed by atoms with van der Waals surface area (Å²) in [6, 6.07) is 9.29. The maximum atomic E-state index is 11.7. The van der Waals surface area contributed by atoms with Crippen LogP contribution in [0.3, 0.4) is 0 Å². The zero-order valence-corrected chi connectivity index (χ0v) is 8.86. The second kappa shape index (κ2) is 3.77. The molecule has 0 unspecified atom stereocenters. The van der Waals surface area contributed by atoms with Crippen molar-refractivity contribution < 1.29 is 4.74 Å². The number of pyridine rings is 1. The fourth-order valence-corrected chi connectivity index (χ4v) is 1.80. The normalized spacial score (nSPS) is 10.5. The number of ether oxygens (including phenoxy) is 1. The van der Waals surface area contributed by atoms with Crippen molar-refractivity contribution in [1.29, 1.82) is 0 Å². The lowest BCUT2D eigenvalue weighted by molar-refractivity contribution is 0.418. The van der Waals surface area contributed by atoms with Crippen molar-refractivity contribution >= 4 is 10.9 Å². The molecule has 3 nitrogen and oxygen atoms in total. The fourth-order valence-electron chi connectivity index (χ4n) is 1.80. The highest BCUT2D eigenvalue weighted by molar-refractivity contribution is 5.85. The molecule has 0 amide bonds. The Bertz CT molecular complexity index is 543. The van der Waals surface area contributed by atoms with E-state index in [1.165, 1.54) is 6.07 Å². The maximum Gasteiger partial charge on any atom is 0.254 e. The number of benzene rings is 1. The number of aryl methyl sites for hydroxylation is 1. The summed E-state index contributed by atoms with van der Waals surface area (Å²) in [5, 5.41) is 0.974. The van der Waals surface area contributed by atoms with E-state index in [9.17, 15) is 4.79 Å². The second-order valence-corrected chi connectivity index (χ2v) is 3.31. The average Bonchev–Trinajstić information content (AvgIpc) is 2.28. The molecule has 0 saturated heterocycles. The smallest absolute Gasteiger partial charge is 0.254 e. The van der Waals surface area contributed by atoms with Crippen molar-refractivity contribution in [2.75, 3.05) is 7.11 Å². The van der Waals surface area contributed by atoms with Gasteiger partial charge in [-0.05, 0) is 19.1 Å². The molecular weight excluding hydrogens is 190 g/mol. The Morgan fingerprint density at radius 2 is 2.07 bits per heavy atom. The third-order valence-corrected chi connectivity index (χ3v) is 2.52. The first kappa shape index (κ1) is 9.77. The van der Waals surface area contributed by atoms with Crippen LogP contribution in [0.2, 0.25) is 0 Å². The molecule has 3 heteroatoms. The Morgan fingerprint density at radius 3 is 2.73 bits per heavy atom. The van der Waals surface area contributed by atoms with E-state index in [0.717, 1.165) is 10.9 Å². The Hall–Kier alpha value is -1.77. The van der Waals surface area contributed by atoms with Crippen LogP contribution in [0.4, 0.5) is 0 Å². The van der Waals surface area contributed by atoms with E-state index >= 15 is 0 Å². The highest BCUT2D eigenvalue weighted by Gasteiger charge is 2.06. The summed E-state index contributed by atoms with van der Waals surface area (Å²) in [7, 11) is 1.58. The molecule has 2 aromatic rings. The van der Waals surface area contributed by atoms with Crippen LogP contribution in [0.5, 0.6) is 5.75 Å². The molecular formula is C12H13NO2. The highest BCUT2D eigenvalue weighted by Crippen LogP contribution is 2.22. The monoisotopic (exact) mass is 203 g/mol. The molecule has 0 atom stereocenters. The molecule has 78 valence electrons. The number of aromatic nitrogens is 1. The largest absolute Gasteiger partial charge is 0.496 e. The fraction of sp³-hybridized carbons (Fsp3) is 0.250. The number of para-hydroxylation sites is 1. The summed E-state index contributed by atoms with van der Waals surface area (Å²) in [5.74, 6) is 0.639. The van der Waals surface area contributed by atoms with E-state index in [0.29, 0.717) is 12.3 Å². The van der Waals surface area contributed by atoms with Gasteiger partial charge in [-0.3, -0.25) is 4.79 Å². The lowest BCUT2D eigenvalue weighted by Gasteiger charge is -2.10. The van der Waals surface area contributed by atoms with Gasteiger partial charge in [-0.15, -0.1) is 0 Å². The topological polar surface area (TPSA) is 31.2 Å². The zero-order valence-electron chi connectivity index (χ0n) is 8.86. The predicted molar refractivity (Wildman–Crippen MR) is 60.4 cm³/mol. The number of hydrogen-bond donors (Lipinski definition) is 0. The Labute approximate surface area is 87.9 Å². The first-order chi connectivity index (χ1) is 7.27. The number of nitrogens with zero attached hydrogens (tertiary/aromatic N) is 1. The SMILES string of the molecule is CCn1c(=O)cc(OC)c2ccccc21. The molecule has 0 aliphatic rings. The lowest BCUT2D eigenvalue weighted by atomic mass is 10.2. The van der Waals surface area contributed by atoms with Crippen molar-refractivity contribution in [2.45, 2.75) is 13.5 Å². The molecule has 0 aliphatic carbocycles. The molecule has 2 rings (SSSR count). The second-order valence-electron chi connectivity index (χ2n) is 3.31. The molecule has 0 spiro atoms. The van der Waals surface area contributed by atoms with Crippen LogP contribution in [0, 0.1) is 0 Å². The Morgan fingerprint density at radius 1 is 1.33 bits per heavy atom. The van der Waals surface area contributed by atoms with Gasteiger partial charge in [0.25, 0.3) is 5.56 Å². The van der Waals surface area contributed by atoms with Crippen LogP contribution in [0.25, 0.3) is 10.9 Å². The number of hydrogen-bond acceptors (Lipinski definition) is 2. The standard InChI is InChI=1S/C12H13NO2/c1-3-13-10-7-5-4-6-9(10)11(15-2)8-12(13)14/h4-8H,3H2,1-2H3. The Balaban J connectivity index is 2.92. The molecule has 0 radical (unpaired) electrons. The van der Waals surface area contributed by atoms with Crippen LogP contribution in [-0.4, -0.2) is 11.7 Å².